The van der Waals surface area contributed by atoms with Gasteiger partial charge in [0, 0.05) is 19.3 Å². The van der Waals surface area contributed by atoms with Crippen molar-refractivity contribution in [3.05, 3.63) is 23.4 Å². The van der Waals surface area contributed by atoms with Gasteiger partial charge in [-0.3, -0.25) is 0 Å². The van der Waals surface area contributed by atoms with Gasteiger partial charge in [-0.05, 0) is 6.92 Å². The Morgan fingerprint density at radius 1 is 1.42 bits per heavy atom. The number of nitrogens with zero attached hydrogens (tertiary/aromatic N) is 1. The molecule has 0 aromatic rings. The topological polar surface area (TPSA) is 3.24 Å². The molecule has 0 bridgehead atoms. The molecule has 0 fully saturated rings. The highest BCUT2D eigenvalue weighted by Crippen LogP contribution is 2.31. The summed E-state index contributed by atoms with van der Waals surface area (Å²) in [7, 11) is 1.64. The van der Waals surface area contributed by atoms with Crippen LogP contribution >= 0.6 is 0 Å². The van der Waals surface area contributed by atoms with Crippen LogP contribution in [0.3, 0.4) is 0 Å². The third-order valence-corrected chi connectivity index (χ3v) is 1.93. The maximum Gasteiger partial charge on any atom is 0.418 e. The first-order valence-corrected chi connectivity index (χ1v) is 3.58. The first-order valence-electron chi connectivity index (χ1n) is 3.58. The quantitative estimate of drug-likeness (QED) is 0.548. The fraction of sp³-hybridized carbons (Fsp3) is 0.500. The maximum atomic E-state index is 12.2. The lowest BCUT2D eigenvalue weighted by atomic mass is 10.1. The van der Waals surface area contributed by atoms with E-state index in [1.807, 2.05) is 0 Å². The molecule has 0 amide bonds. The van der Waals surface area contributed by atoms with Crippen molar-refractivity contribution in [2.24, 2.45) is 0 Å². The van der Waals surface area contributed by atoms with Gasteiger partial charge in [-0.1, -0.05) is 12.2 Å². The van der Waals surface area contributed by atoms with Crippen molar-refractivity contribution in [2.75, 3.05) is 13.6 Å². The first kappa shape index (κ1) is 9.16. The van der Waals surface area contributed by atoms with E-state index in [0.717, 1.165) is 6.08 Å². The molecule has 0 N–H and O–H groups in total. The summed E-state index contributed by atoms with van der Waals surface area (Å²) in [5, 5.41) is 0. The molecular weight excluding hydrogens is 167 g/mol. The van der Waals surface area contributed by atoms with Gasteiger partial charge in [-0.25, -0.2) is 0 Å². The van der Waals surface area contributed by atoms with E-state index in [-0.39, 0.29) is 5.70 Å². The molecule has 0 atom stereocenters. The van der Waals surface area contributed by atoms with Crippen molar-refractivity contribution in [1.29, 1.82) is 0 Å². The zero-order chi connectivity index (χ0) is 9.35. The Labute approximate surface area is 69.2 Å². The van der Waals surface area contributed by atoms with Crippen molar-refractivity contribution in [3.8, 4) is 0 Å². The van der Waals surface area contributed by atoms with E-state index in [4.69, 9.17) is 0 Å². The van der Waals surface area contributed by atoms with Crippen molar-refractivity contribution in [2.45, 2.75) is 13.1 Å². The van der Waals surface area contributed by atoms with Crippen LogP contribution in [0.25, 0.3) is 0 Å². The summed E-state index contributed by atoms with van der Waals surface area (Å²) in [6, 6.07) is 0. The molecule has 4 heteroatoms. The summed E-state index contributed by atoms with van der Waals surface area (Å²) in [5.41, 5.74) is -0.263. The Morgan fingerprint density at radius 2 is 2.00 bits per heavy atom. The molecule has 68 valence electrons. The molecule has 0 spiro atoms. The van der Waals surface area contributed by atoms with Gasteiger partial charge in [0.1, 0.15) is 0 Å². The molecule has 1 aliphatic heterocycles. The van der Waals surface area contributed by atoms with E-state index in [9.17, 15) is 13.2 Å². The number of hydrogen-bond donors (Lipinski definition) is 0. The minimum Gasteiger partial charge on any atom is -0.374 e. The fourth-order valence-electron chi connectivity index (χ4n) is 1.09. The summed E-state index contributed by atoms with van der Waals surface area (Å²) < 4.78 is 36.7. The molecule has 1 nitrogen and oxygen atoms in total. The van der Waals surface area contributed by atoms with E-state index in [2.05, 4.69) is 0 Å². The molecule has 0 aromatic carbocycles. The molecule has 0 aromatic heterocycles. The van der Waals surface area contributed by atoms with E-state index >= 15 is 0 Å². The molecular formula is C8H10F3N. The second kappa shape index (κ2) is 2.84. The van der Waals surface area contributed by atoms with Crippen LogP contribution in [0, 0.1) is 0 Å². The number of allylic oxidation sites excluding steroid dienone is 3. The SMILES string of the molecule is CC1=C(C(F)(F)F)C=CCN1C. The standard InChI is InChI=1S/C8H10F3N/c1-6-7(8(9,10)11)4-3-5-12(6)2/h3-4H,5H2,1-2H3. The molecule has 1 heterocycles. The summed E-state index contributed by atoms with van der Waals surface area (Å²) in [5.74, 6) is 0. The van der Waals surface area contributed by atoms with Crippen LogP contribution in [0.1, 0.15) is 6.92 Å². The second-order valence-electron chi connectivity index (χ2n) is 2.78. The lowest BCUT2D eigenvalue weighted by Gasteiger charge is -2.25. The molecule has 0 saturated carbocycles. The normalized spacial score (nSPS) is 18.9. The predicted molar refractivity (Wildman–Crippen MR) is 40.5 cm³/mol. The Morgan fingerprint density at radius 3 is 2.42 bits per heavy atom. The molecule has 1 aliphatic rings. The van der Waals surface area contributed by atoms with Gasteiger partial charge in [-0.2, -0.15) is 13.2 Å². The van der Waals surface area contributed by atoms with Crippen molar-refractivity contribution >= 4 is 0 Å². The summed E-state index contributed by atoms with van der Waals surface area (Å²) >= 11 is 0. The molecule has 0 radical (unpaired) electrons. The maximum absolute atomic E-state index is 12.2. The highest BCUT2D eigenvalue weighted by Gasteiger charge is 2.35. The van der Waals surface area contributed by atoms with E-state index in [1.165, 1.54) is 13.0 Å². The van der Waals surface area contributed by atoms with Crippen molar-refractivity contribution < 1.29 is 13.2 Å². The van der Waals surface area contributed by atoms with Gasteiger partial charge in [0.15, 0.2) is 0 Å². The number of likely N-dealkylation sites (N-methyl/N-ethyl adjacent to an activating group) is 1. The zero-order valence-electron chi connectivity index (χ0n) is 6.94. The van der Waals surface area contributed by atoms with E-state index in [0.29, 0.717) is 6.54 Å². The number of alkyl halides is 3. The molecule has 0 aliphatic carbocycles. The predicted octanol–water partition coefficient (Wildman–Crippen LogP) is 2.32. The Balaban J connectivity index is 3.02. The minimum absolute atomic E-state index is 0.282. The van der Waals surface area contributed by atoms with Crippen LogP contribution in [0.4, 0.5) is 13.2 Å². The van der Waals surface area contributed by atoms with Crippen LogP contribution in [-0.4, -0.2) is 24.7 Å². The minimum atomic E-state index is -4.23. The van der Waals surface area contributed by atoms with Gasteiger partial charge in [0.2, 0.25) is 0 Å². The molecule has 1 rings (SSSR count). The highest BCUT2D eigenvalue weighted by atomic mass is 19.4. The number of halogens is 3. The molecule has 0 unspecified atom stereocenters. The lowest BCUT2D eigenvalue weighted by Crippen LogP contribution is -2.25. The van der Waals surface area contributed by atoms with Gasteiger partial charge in [0.05, 0.1) is 5.57 Å². The summed E-state index contributed by atoms with van der Waals surface area (Å²) in [6.07, 6.45) is -1.58. The summed E-state index contributed by atoms with van der Waals surface area (Å²) in [6.45, 7) is 2.03. The van der Waals surface area contributed by atoms with Crippen LogP contribution in [-0.2, 0) is 0 Å². The van der Waals surface area contributed by atoms with Gasteiger partial charge >= 0.3 is 6.18 Å². The average Bonchev–Trinajstić information content (AvgIpc) is 1.92. The smallest absolute Gasteiger partial charge is 0.374 e. The Hall–Kier alpha value is -0.930. The molecule has 0 saturated heterocycles. The summed E-state index contributed by atoms with van der Waals surface area (Å²) in [4.78, 5) is 1.57. The van der Waals surface area contributed by atoms with Crippen LogP contribution < -0.4 is 0 Å². The van der Waals surface area contributed by atoms with Crippen LogP contribution in [0.15, 0.2) is 23.4 Å². The van der Waals surface area contributed by atoms with E-state index < -0.39 is 11.7 Å². The van der Waals surface area contributed by atoms with Crippen molar-refractivity contribution in [1.82, 2.24) is 4.90 Å². The Bertz CT molecular complexity index is 237. The largest absolute Gasteiger partial charge is 0.418 e. The van der Waals surface area contributed by atoms with Crippen LogP contribution in [0.5, 0.6) is 0 Å². The number of hydrogen-bond acceptors (Lipinski definition) is 1. The van der Waals surface area contributed by atoms with E-state index in [1.54, 1.807) is 11.9 Å². The average molecular weight is 177 g/mol. The fourth-order valence-corrected chi connectivity index (χ4v) is 1.09. The van der Waals surface area contributed by atoms with Gasteiger partial charge in [-0.15, -0.1) is 0 Å². The van der Waals surface area contributed by atoms with Crippen LogP contribution in [0.2, 0.25) is 0 Å². The number of rotatable bonds is 0. The van der Waals surface area contributed by atoms with Gasteiger partial charge < -0.3 is 4.90 Å². The third-order valence-electron chi connectivity index (χ3n) is 1.93. The highest BCUT2D eigenvalue weighted by molar-refractivity contribution is 5.31. The zero-order valence-corrected chi connectivity index (χ0v) is 6.94. The van der Waals surface area contributed by atoms with Crippen molar-refractivity contribution in [3.63, 3.8) is 0 Å². The monoisotopic (exact) mass is 177 g/mol. The third kappa shape index (κ3) is 1.62. The van der Waals surface area contributed by atoms with Gasteiger partial charge in [0.25, 0.3) is 0 Å². The molecule has 12 heavy (non-hydrogen) atoms. The first-order chi connectivity index (χ1) is 5.43. The Kier molecular flexibility index (Phi) is 2.17. The lowest BCUT2D eigenvalue weighted by molar-refractivity contribution is -0.0904. The second-order valence-corrected chi connectivity index (χ2v) is 2.78.